The smallest absolute Gasteiger partial charge is 0.272 e. The topological polar surface area (TPSA) is 85.6 Å². The maximum Gasteiger partial charge on any atom is 0.272 e. The number of carbonyl (C=O) groups is 1. The van der Waals surface area contributed by atoms with Crippen molar-refractivity contribution < 1.29 is 14.3 Å². The third-order valence-electron chi connectivity index (χ3n) is 3.59. The second-order valence-corrected chi connectivity index (χ2v) is 5.24. The second kappa shape index (κ2) is 6.11. The van der Waals surface area contributed by atoms with Crippen molar-refractivity contribution in [1.29, 1.82) is 0 Å². The maximum absolute atomic E-state index is 12.3. The minimum absolute atomic E-state index is 0.128. The van der Waals surface area contributed by atoms with Crippen molar-refractivity contribution in [3.05, 3.63) is 42.4 Å². The van der Waals surface area contributed by atoms with Crippen LogP contribution in [0.25, 0.3) is 0 Å². The van der Waals surface area contributed by atoms with Crippen LogP contribution in [0.2, 0.25) is 0 Å². The van der Waals surface area contributed by atoms with E-state index in [9.17, 15) is 9.90 Å². The van der Waals surface area contributed by atoms with Crippen LogP contribution in [0.3, 0.4) is 0 Å². The van der Waals surface area contributed by atoms with Crippen molar-refractivity contribution in [3.63, 3.8) is 0 Å². The standard InChI is InChI=1S/C14H18N4O3/c19-12-7-17(6-11-1-4-21-9-11)2-3-18(8-12)14(20)13-5-15-10-16-13/h1,4-5,9-10,12,19H,2-3,6-8H2,(H,15,16)/t12-/m0/s1. The van der Waals surface area contributed by atoms with Gasteiger partial charge in [0.05, 0.1) is 31.2 Å². The predicted molar refractivity (Wildman–Crippen MR) is 74.5 cm³/mol. The van der Waals surface area contributed by atoms with Crippen LogP contribution >= 0.6 is 0 Å². The first-order valence-electron chi connectivity index (χ1n) is 6.91. The molecule has 1 atom stereocenters. The molecular weight excluding hydrogens is 272 g/mol. The summed E-state index contributed by atoms with van der Waals surface area (Å²) in [5.41, 5.74) is 1.51. The summed E-state index contributed by atoms with van der Waals surface area (Å²) in [6, 6.07) is 1.91. The minimum Gasteiger partial charge on any atom is -0.472 e. The van der Waals surface area contributed by atoms with Gasteiger partial charge in [0, 0.05) is 38.3 Å². The molecule has 1 amide bonds. The third kappa shape index (κ3) is 3.32. The van der Waals surface area contributed by atoms with E-state index < -0.39 is 6.10 Å². The van der Waals surface area contributed by atoms with Crippen molar-refractivity contribution in [1.82, 2.24) is 19.8 Å². The van der Waals surface area contributed by atoms with E-state index in [1.165, 1.54) is 12.5 Å². The molecular formula is C14H18N4O3. The molecule has 2 aromatic rings. The number of β-amino-alcohol motifs (C(OH)–C–C–N with tert-alkyl or cyclic N) is 1. The lowest BCUT2D eigenvalue weighted by Gasteiger charge is -2.20. The lowest BCUT2D eigenvalue weighted by molar-refractivity contribution is 0.0658. The molecule has 7 heteroatoms. The van der Waals surface area contributed by atoms with Crippen LogP contribution in [0.5, 0.6) is 0 Å². The number of carbonyl (C=O) groups excluding carboxylic acids is 1. The maximum atomic E-state index is 12.3. The summed E-state index contributed by atoms with van der Waals surface area (Å²) in [7, 11) is 0. The van der Waals surface area contributed by atoms with Crippen LogP contribution < -0.4 is 0 Å². The molecule has 3 heterocycles. The Balaban J connectivity index is 1.64. The quantitative estimate of drug-likeness (QED) is 0.850. The fourth-order valence-corrected chi connectivity index (χ4v) is 2.57. The number of furan rings is 1. The Morgan fingerprint density at radius 3 is 3.10 bits per heavy atom. The highest BCUT2D eigenvalue weighted by Crippen LogP contribution is 2.11. The molecule has 0 bridgehead atoms. The molecule has 7 nitrogen and oxygen atoms in total. The zero-order chi connectivity index (χ0) is 14.7. The highest BCUT2D eigenvalue weighted by atomic mass is 16.3. The van der Waals surface area contributed by atoms with Crippen LogP contribution in [-0.2, 0) is 6.54 Å². The number of aromatic amines is 1. The number of H-pyrrole nitrogens is 1. The van der Waals surface area contributed by atoms with Gasteiger partial charge in [-0.3, -0.25) is 9.69 Å². The van der Waals surface area contributed by atoms with Gasteiger partial charge in [-0.05, 0) is 6.07 Å². The lowest BCUT2D eigenvalue weighted by atomic mass is 10.2. The predicted octanol–water partition coefficient (Wildman–Crippen LogP) is 0.322. The van der Waals surface area contributed by atoms with Gasteiger partial charge < -0.3 is 19.4 Å². The van der Waals surface area contributed by atoms with Gasteiger partial charge >= 0.3 is 0 Å². The third-order valence-corrected chi connectivity index (χ3v) is 3.59. The highest BCUT2D eigenvalue weighted by Gasteiger charge is 2.25. The largest absolute Gasteiger partial charge is 0.472 e. The van der Waals surface area contributed by atoms with Crippen LogP contribution in [-0.4, -0.2) is 63.1 Å². The van der Waals surface area contributed by atoms with Gasteiger partial charge in [-0.15, -0.1) is 0 Å². The van der Waals surface area contributed by atoms with E-state index >= 15 is 0 Å². The summed E-state index contributed by atoms with van der Waals surface area (Å²) in [5, 5.41) is 10.1. The molecule has 0 aliphatic carbocycles. The van der Waals surface area contributed by atoms with Crippen LogP contribution in [0.15, 0.2) is 35.5 Å². The Morgan fingerprint density at radius 2 is 2.38 bits per heavy atom. The van der Waals surface area contributed by atoms with Crippen LogP contribution in [0, 0.1) is 0 Å². The minimum atomic E-state index is -0.564. The van der Waals surface area contributed by atoms with Crippen molar-refractivity contribution >= 4 is 5.91 Å². The molecule has 0 saturated carbocycles. The molecule has 0 radical (unpaired) electrons. The van der Waals surface area contributed by atoms with Crippen molar-refractivity contribution in [2.75, 3.05) is 26.2 Å². The Hall–Kier alpha value is -2.12. The first kappa shape index (κ1) is 13.8. The molecule has 1 aliphatic heterocycles. The Morgan fingerprint density at radius 1 is 1.48 bits per heavy atom. The average molecular weight is 290 g/mol. The molecule has 112 valence electrons. The average Bonchev–Trinajstić information content (AvgIpc) is 3.12. The Bertz CT molecular complexity index is 567. The van der Waals surface area contributed by atoms with Crippen molar-refractivity contribution in [2.24, 2.45) is 0 Å². The molecule has 0 spiro atoms. The van der Waals surface area contributed by atoms with E-state index in [0.717, 1.165) is 5.56 Å². The molecule has 1 aliphatic rings. The number of amides is 1. The van der Waals surface area contributed by atoms with Gasteiger partial charge in [-0.25, -0.2) is 4.98 Å². The van der Waals surface area contributed by atoms with E-state index in [1.54, 1.807) is 17.4 Å². The molecule has 1 saturated heterocycles. The molecule has 3 rings (SSSR count). The molecule has 0 unspecified atom stereocenters. The number of aromatic nitrogens is 2. The van der Waals surface area contributed by atoms with Gasteiger partial charge in [0.25, 0.3) is 5.91 Å². The number of nitrogens with one attached hydrogen (secondary N) is 1. The number of hydrogen-bond donors (Lipinski definition) is 2. The molecule has 21 heavy (non-hydrogen) atoms. The van der Waals surface area contributed by atoms with E-state index in [2.05, 4.69) is 14.9 Å². The Labute approximate surface area is 122 Å². The zero-order valence-electron chi connectivity index (χ0n) is 11.6. The summed E-state index contributed by atoms with van der Waals surface area (Å²) >= 11 is 0. The van der Waals surface area contributed by atoms with E-state index in [1.807, 2.05) is 6.07 Å². The van der Waals surface area contributed by atoms with E-state index in [4.69, 9.17) is 4.42 Å². The highest BCUT2D eigenvalue weighted by molar-refractivity contribution is 5.92. The number of rotatable bonds is 3. The number of nitrogens with zero attached hydrogens (tertiary/aromatic N) is 3. The van der Waals surface area contributed by atoms with E-state index in [-0.39, 0.29) is 5.91 Å². The zero-order valence-corrected chi connectivity index (χ0v) is 11.6. The van der Waals surface area contributed by atoms with Gasteiger partial charge in [0.15, 0.2) is 0 Å². The summed E-state index contributed by atoms with van der Waals surface area (Å²) < 4.78 is 5.06. The molecule has 0 aromatic carbocycles. The summed E-state index contributed by atoms with van der Waals surface area (Å²) in [6.45, 7) is 2.87. The van der Waals surface area contributed by atoms with E-state index in [0.29, 0.717) is 38.4 Å². The molecule has 2 aromatic heterocycles. The Kier molecular flexibility index (Phi) is 4.03. The van der Waals surface area contributed by atoms with Gasteiger partial charge in [0.1, 0.15) is 5.69 Å². The summed E-state index contributed by atoms with van der Waals surface area (Å²) in [6.07, 6.45) is 5.75. The van der Waals surface area contributed by atoms with Crippen LogP contribution in [0.1, 0.15) is 16.1 Å². The van der Waals surface area contributed by atoms with Crippen LogP contribution in [0.4, 0.5) is 0 Å². The van der Waals surface area contributed by atoms with Crippen molar-refractivity contribution in [2.45, 2.75) is 12.6 Å². The first-order valence-corrected chi connectivity index (χ1v) is 6.91. The monoisotopic (exact) mass is 290 g/mol. The summed E-state index contributed by atoms with van der Waals surface area (Å²) in [4.78, 5) is 22.7. The van der Waals surface area contributed by atoms with Crippen molar-refractivity contribution in [3.8, 4) is 0 Å². The fraction of sp³-hybridized carbons (Fsp3) is 0.429. The fourth-order valence-electron chi connectivity index (χ4n) is 2.57. The number of imidazole rings is 1. The number of aliphatic hydroxyl groups is 1. The van der Waals surface area contributed by atoms with Gasteiger partial charge in [0.2, 0.25) is 0 Å². The second-order valence-electron chi connectivity index (χ2n) is 5.24. The SMILES string of the molecule is O=C(c1cnc[nH]1)N1CCN(Cc2ccoc2)C[C@H](O)C1. The van der Waals surface area contributed by atoms with Gasteiger partial charge in [-0.2, -0.15) is 0 Å². The molecule has 1 fully saturated rings. The summed E-state index contributed by atoms with van der Waals surface area (Å²) in [5.74, 6) is -0.128. The van der Waals surface area contributed by atoms with Gasteiger partial charge in [-0.1, -0.05) is 0 Å². The first-order chi connectivity index (χ1) is 10.2. The number of aliphatic hydroxyl groups excluding tert-OH is 1. The normalized spacial score (nSPS) is 20.4. The number of hydrogen-bond acceptors (Lipinski definition) is 5. The lowest BCUT2D eigenvalue weighted by Crippen LogP contribution is -2.37. The molecule has 2 N–H and O–H groups in total.